The van der Waals surface area contributed by atoms with Gasteiger partial charge in [0.2, 0.25) is 0 Å². The number of nitrogen functional groups attached to an aromatic ring is 1. The Labute approximate surface area is 179 Å². The number of amides is 1. The number of nitrogens with zero attached hydrogens (tertiary/aromatic N) is 3. The lowest BCUT2D eigenvalue weighted by Crippen LogP contribution is -2.42. The number of aromatic nitrogens is 2. The minimum absolute atomic E-state index is 0.0237. The molecule has 0 aliphatic carbocycles. The van der Waals surface area contributed by atoms with Crippen LogP contribution in [0.25, 0.3) is 0 Å². The van der Waals surface area contributed by atoms with Gasteiger partial charge in [-0.2, -0.15) is 5.26 Å². The Morgan fingerprint density at radius 1 is 1.13 bits per heavy atom. The first-order valence-corrected chi connectivity index (χ1v) is 9.80. The predicted molar refractivity (Wildman–Crippen MR) is 119 cm³/mol. The van der Waals surface area contributed by atoms with Crippen LogP contribution in [0.4, 0.5) is 11.5 Å². The molecule has 0 saturated carbocycles. The minimum atomic E-state index is -0.727. The SMILES string of the molecule is CC(C)CN(C(=O)c1ccc(C#N)cc1)c1c(N)n(Cc2ccccc2)c(=O)[nH]c1=O. The maximum atomic E-state index is 13.3. The van der Waals surface area contributed by atoms with E-state index in [1.807, 2.05) is 50.2 Å². The standard InChI is InChI=1S/C23H23N5O3/c1-15(2)13-27(22(30)18-10-8-16(12-24)9-11-18)19-20(25)28(23(31)26-21(19)29)14-17-6-4-3-5-7-17/h3-11,15H,13-14,25H2,1-2H3,(H,26,29,31). The molecule has 0 bridgehead atoms. The summed E-state index contributed by atoms with van der Waals surface area (Å²) in [5.41, 5.74) is 6.38. The third-order valence-electron chi connectivity index (χ3n) is 4.72. The zero-order valence-electron chi connectivity index (χ0n) is 17.3. The number of anilines is 2. The molecular weight excluding hydrogens is 394 g/mol. The molecule has 0 saturated heterocycles. The van der Waals surface area contributed by atoms with Crippen molar-refractivity contribution < 1.29 is 4.79 Å². The predicted octanol–water partition coefficient (Wildman–Crippen LogP) is 2.34. The van der Waals surface area contributed by atoms with Crippen molar-refractivity contribution in [2.75, 3.05) is 17.2 Å². The molecule has 1 aromatic heterocycles. The smallest absolute Gasteiger partial charge is 0.330 e. The molecule has 1 amide bonds. The topological polar surface area (TPSA) is 125 Å². The highest BCUT2D eigenvalue weighted by atomic mass is 16.2. The normalized spacial score (nSPS) is 10.6. The summed E-state index contributed by atoms with van der Waals surface area (Å²) >= 11 is 0. The van der Waals surface area contributed by atoms with Gasteiger partial charge in [0.15, 0.2) is 5.69 Å². The monoisotopic (exact) mass is 417 g/mol. The summed E-state index contributed by atoms with van der Waals surface area (Å²) < 4.78 is 1.24. The highest BCUT2D eigenvalue weighted by Crippen LogP contribution is 2.22. The Morgan fingerprint density at radius 2 is 1.77 bits per heavy atom. The molecule has 0 aliphatic heterocycles. The number of hydrogen-bond donors (Lipinski definition) is 2. The average molecular weight is 417 g/mol. The van der Waals surface area contributed by atoms with E-state index in [2.05, 4.69) is 4.98 Å². The first-order chi connectivity index (χ1) is 14.8. The van der Waals surface area contributed by atoms with E-state index in [9.17, 15) is 14.4 Å². The molecule has 2 aromatic carbocycles. The van der Waals surface area contributed by atoms with Gasteiger partial charge in [-0.25, -0.2) is 4.79 Å². The second kappa shape index (κ2) is 9.13. The largest absolute Gasteiger partial charge is 0.383 e. The third-order valence-corrected chi connectivity index (χ3v) is 4.72. The summed E-state index contributed by atoms with van der Waals surface area (Å²) in [5, 5.41) is 8.98. The molecule has 0 spiro atoms. The van der Waals surface area contributed by atoms with E-state index in [1.54, 1.807) is 0 Å². The van der Waals surface area contributed by atoms with Gasteiger partial charge in [-0.15, -0.1) is 0 Å². The van der Waals surface area contributed by atoms with Crippen LogP contribution in [-0.4, -0.2) is 22.0 Å². The number of rotatable bonds is 6. The quantitative estimate of drug-likeness (QED) is 0.637. The second-order valence-electron chi connectivity index (χ2n) is 7.56. The molecule has 158 valence electrons. The molecule has 31 heavy (non-hydrogen) atoms. The molecule has 1 heterocycles. The minimum Gasteiger partial charge on any atom is -0.383 e. The first kappa shape index (κ1) is 21.6. The van der Waals surface area contributed by atoms with Crippen LogP contribution >= 0.6 is 0 Å². The van der Waals surface area contributed by atoms with Gasteiger partial charge in [0, 0.05) is 12.1 Å². The van der Waals surface area contributed by atoms with Crippen molar-refractivity contribution in [2.24, 2.45) is 5.92 Å². The van der Waals surface area contributed by atoms with Crippen LogP contribution in [0.3, 0.4) is 0 Å². The molecule has 8 heteroatoms. The average Bonchev–Trinajstić information content (AvgIpc) is 2.76. The number of hydrogen-bond acceptors (Lipinski definition) is 5. The Kier molecular flexibility index (Phi) is 6.36. The first-order valence-electron chi connectivity index (χ1n) is 9.80. The molecule has 3 aromatic rings. The molecule has 8 nitrogen and oxygen atoms in total. The molecule has 0 fully saturated rings. The molecule has 0 unspecified atom stereocenters. The summed E-state index contributed by atoms with van der Waals surface area (Å²) in [6.07, 6.45) is 0. The van der Waals surface area contributed by atoms with Crippen LogP contribution in [0.5, 0.6) is 0 Å². The van der Waals surface area contributed by atoms with Crippen LogP contribution in [0.15, 0.2) is 64.2 Å². The van der Waals surface area contributed by atoms with Gasteiger partial charge in [-0.3, -0.25) is 19.1 Å². The van der Waals surface area contributed by atoms with Crippen LogP contribution in [-0.2, 0) is 6.54 Å². The van der Waals surface area contributed by atoms with Crippen molar-refractivity contribution >= 4 is 17.4 Å². The van der Waals surface area contributed by atoms with Gasteiger partial charge in [-0.1, -0.05) is 44.2 Å². The summed E-state index contributed by atoms with van der Waals surface area (Å²) in [7, 11) is 0. The fourth-order valence-corrected chi connectivity index (χ4v) is 3.25. The van der Waals surface area contributed by atoms with Gasteiger partial charge < -0.3 is 10.6 Å². The summed E-state index contributed by atoms with van der Waals surface area (Å²) in [5.74, 6) is -0.504. The lowest BCUT2D eigenvalue weighted by Gasteiger charge is -2.26. The number of aromatic amines is 1. The number of nitriles is 1. The number of nitrogens with one attached hydrogen (secondary N) is 1. The molecule has 3 rings (SSSR count). The van der Waals surface area contributed by atoms with E-state index in [0.717, 1.165) is 5.56 Å². The second-order valence-corrected chi connectivity index (χ2v) is 7.56. The van der Waals surface area contributed by atoms with Gasteiger partial charge in [-0.05, 0) is 35.7 Å². The fourth-order valence-electron chi connectivity index (χ4n) is 3.25. The van der Waals surface area contributed by atoms with E-state index in [0.29, 0.717) is 11.1 Å². The molecule has 3 N–H and O–H groups in total. The van der Waals surface area contributed by atoms with E-state index in [4.69, 9.17) is 11.0 Å². The molecule has 0 aliphatic rings. The van der Waals surface area contributed by atoms with Crippen molar-refractivity contribution in [2.45, 2.75) is 20.4 Å². The van der Waals surface area contributed by atoms with Crippen LogP contribution < -0.4 is 21.9 Å². The molecule has 0 atom stereocenters. The number of benzene rings is 2. The maximum Gasteiger partial charge on any atom is 0.330 e. The van der Waals surface area contributed by atoms with E-state index in [-0.39, 0.29) is 30.5 Å². The lowest BCUT2D eigenvalue weighted by molar-refractivity contribution is 0.0983. The van der Waals surface area contributed by atoms with Crippen LogP contribution in [0.1, 0.15) is 35.3 Å². The number of nitrogens with two attached hydrogens (primary N) is 1. The van der Waals surface area contributed by atoms with Gasteiger partial charge in [0.05, 0.1) is 18.2 Å². The Bertz CT molecular complexity index is 1240. The summed E-state index contributed by atoms with van der Waals surface area (Å²) in [4.78, 5) is 42.1. The van der Waals surface area contributed by atoms with Gasteiger partial charge in [0.1, 0.15) is 5.82 Å². The number of H-pyrrole nitrogens is 1. The Hall–Kier alpha value is -4.12. The van der Waals surface area contributed by atoms with Gasteiger partial charge in [0.25, 0.3) is 11.5 Å². The van der Waals surface area contributed by atoms with E-state index >= 15 is 0 Å². The third kappa shape index (κ3) is 4.73. The maximum absolute atomic E-state index is 13.3. The van der Waals surface area contributed by atoms with Gasteiger partial charge >= 0.3 is 5.69 Å². The highest BCUT2D eigenvalue weighted by Gasteiger charge is 2.26. The van der Waals surface area contributed by atoms with Crippen molar-refractivity contribution in [3.63, 3.8) is 0 Å². The lowest BCUT2D eigenvalue weighted by atomic mass is 10.1. The van der Waals surface area contributed by atoms with Crippen LogP contribution in [0, 0.1) is 17.2 Å². The molecular formula is C23H23N5O3. The van der Waals surface area contributed by atoms with E-state index < -0.39 is 17.2 Å². The summed E-state index contributed by atoms with van der Waals surface area (Å²) in [6.45, 7) is 4.18. The molecule has 0 radical (unpaired) electrons. The number of carbonyl (C=O) groups excluding carboxylic acids is 1. The van der Waals surface area contributed by atoms with Crippen molar-refractivity contribution in [1.29, 1.82) is 5.26 Å². The zero-order chi connectivity index (χ0) is 22.5. The van der Waals surface area contributed by atoms with Crippen LogP contribution in [0.2, 0.25) is 0 Å². The summed E-state index contributed by atoms with van der Waals surface area (Å²) in [6, 6.07) is 17.3. The Balaban J connectivity index is 2.11. The van der Waals surface area contributed by atoms with Crippen molar-refractivity contribution in [3.8, 4) is 6.07 Å². The number of carbonyl (C=O) groups is 1. The Morgan fingerprint density at radius 3 is 2.35 bits per heavy atom. The van der Waals surface area contributed by atoms with E-state index in [1.165, 1.54) is 33.7 Å². The highest BCUT2D eigenvalue weighted by molar-refractivity contribution is 6.07. The zero-order valence-corrected chi connectivity index (χ0v) is 17.3. The van der Waals surface area contributed by atoms with Crippen molar-refractivity contribution in [3.05, 3.63) is 92.1 Å². The fraction of sp³-hybridized carbons (Fsp3) is 0.217. The van der Waals surface area contributed by atoms with Crippen molar-refractivity contribution in [1.82, 2.24) is 9.55 Å².